The topological polar surface area (TPSA) is 12.8 Å². The highest BCUT2D eigenvalue weighted by Crippen LogP contribution is 2.27. The first-order valence-corrected chi connectivity index (χ1v) is 2.83. The number of hydrogen-bond acceptors (Lipinski definition) is 0. The zero-order valence-electron chi connectivity index (χ0n) is 4.17. The van der Waals surface area contributed by atoms with Gasteiger partial charge in [-0.05, 0) is 12.5 Å². The van der Waals surface area contributed by atoms with E-state index in [1.807, 2.05) is 0 Å². The number of hydrogen-bond donors (Lipinski definition) is 0. The minimum atomic E-state index is 0.647. The third-order valence-corrected chi connectivity index (χ3v) is 1.63. The Bertz CT molecular complexity index is 107. The Kier molecular flexibility index (Phi) is 0.577. The molecule has 0 saturated carbocycles. The Morgan fingerprint density at radius 1 is 1.57 bits per heavy atom. The van der Waals surface area contributed by atoms with E-state index in [0.717, 1.165) is 6.10 Å². The van der Waals surface area contributed by atoms with Crippen LogP contribution in [0.15, 0.2) is 12.2 Å². The molecule has 7 heavy (non-hydrogen) atoms. The van der Waals surface area contributed by atoms with Crippen molar-refractivity contribution >= 4 is 0 Å². The summed E-state index contributed by atoms with van der Waals surface area (Å²) in [7, 11) is 0. The van der Waals surface area contributed by atoms with Gasteiger partial charge < -0.3 is 4.74 Å². The number of epoxide rings is 1. The van der Waals surface area contributed by atoms with Crippen LogP contribution in [-0.2, 0) is 0 Å². The van der Waals surface area contributed by atoms with Gasteiger partial charge in [-0.25, -0.2) is 0 Å². The summed E-state index contributed by atoms with van der Waals surface area (Å²) in [6, 6.07) is 0. The molecule has 1 saturated heterocycles. The lowest BCUT2D eigenvalue weighted by Crippen LogP contribution is -1.93. The maximum absolute atomic E-state index is 4.27. The fraction of sp³-hybridized carbons (Fsp3) is 0.667. The third kappa shape index (κ3) is 0.484. The van der Waals surface area contributed by atoms with Crippen molar-refractivity contribution < 1.29 is 4.74 Å². The van der Waals surface area contributed by atoms with E-state index in [2.05, 4.69) is 16.9 Å². The summed E-state index contributed by atoms with van der Waals surface area (Å²) in [6.45, 7) is 0. The van der Waals surface area contributed by atoms with Gasteiger partial charge in [0.2, 0.25) is 12.2 Å². The van der Waals surface area contributed by atoms with E-state index >= 15 is 0 Å². The molecule has 2 rings (SSSR count). The van der Waals surface area contributed by atoms with Crippen LogP contribution in [0.25, 0.3) is 0 Å². The van der Waals surface area contributed by atoms with Gasteiger partial charge in [0.25, 0.3) is 0 Å². The molecule has 0 radical (unpaired) electrons. The second kappa shape index (κ2) is 1.10. The lowest BCUT2D eigenvalue weighted by Gasteiger charge is -1.85. The zero-order chi connectivity index (χ0) is 4.69. The van der Waals surface area contributed by atoms with Crippen molar-refractivity contribution in [1.29, 1.82) is 0 Å². The standard InChI is InChI=1S/C6H8O/c1-2-4-6-5(3-1)7-6/h1,3,5-6H,2,4H2/p+1. The van der Waals surface area contributed by atoms with Gasteiger partial charge in [0.15, 0.2) is 0 Å². The number of aliphatic hydroxyl groups is 2. The smallest absolute Gasteiger partial charge is 0.246 e. The summed E-state index contributed by atoms with van der Waals surface area (Å²) in [5, 5.41) is 0. The number of fused-ring (bicyclic) bond motifs is 1. The van der Waals surface area contributed by atoms with Crippen LogP contribution in [0.3, 0.4) is 0 Å². The van der Waals surface area contributed by atoms with Crippen LogP contribution in [0, 0.1) is 0 Å². The van der Waals surface area contributed by atoms with Gasteiger partial charge >= 0.3 is 0 Å². The van der Waals surface area contributed by atoms with Crippen molar-refractivity contribution in [2.45, 2.75) is 25.0 Å². The molecular formula is C6H9O+. The van der Waals surface area contributed by atoms with E-state index in [9.17, 15) is 0 Å². The molecule has 1 heteroatoms. The largest absolute Gasteiger partial charge is 0.414 e. The molecule has 0 spiro atoms. The van der Waals surface area contributed by atoms with Crippen molar-refractivity contribution in [1.82, 2.24) is 0 Å². The van der Waals surface area contributed by atoms with E-state index < -0.39 is 0 Å². The normalized spacial score (nSPS) is 45.7. The van der Waals surface area contributed by atoms with Crippen LogP contribution in [0.2, 0.25) is 0 Å². The van der Waals surface area contributed by atoms with Crippen LogP contribution >= 0.6 is 0 Å². The zero-order valence-corrected chi connectivity index (χ0v) is 4.17. The number of ether oxygens (including phenoxy) is 1. The Hall–Kier alpha value is -0.300. The van der Waals surface area contributed by atoms with Gasteiger partial charge in [0.1, 0.15) is 0 Å². The van der Waals surface area contributed by atoms with E-state index in [-0.39, 0.29) is 0 Å². The maximum Gasteiger partial charge on any atom is 0.246 e. The molecule has 2 unspecified atom stereocenters. The minimum Gasteiger partial charge on any atom is -0.414 e. The Labute approximate surface area is 43.0 Å². The molecule has 0 aromatic rings. The van der Waals surface area contributed by atoms with E-state index in [4.69, 9.17) is 0 Å². The molecule has 0 aromatic heterocycles. The number of allylic oxidation sites excluding steroid dienone is 1. The SMILES string of the molecule is C1=CC2[OH+]C2CC1. The van der Waals surface area contributed by atoms with Crippen LogP contribution < -0.4 is 0 Å². The molecule has 2 aliphatic rings. The van der Waals surface area contributed by atoms with Crippen molar-refractivity contribution in [2.24, 2.45) is 0 Å². The molecule has 1 nitrogen and oxygen atoms in total. The Balaban J connectivity index is 2.14. The predicted molar refractivity (Wildman–Crippen MR) is 28.2 cm³/mol. The third-order valence-electron chi connectivity index (χ3n) is 1.63. The second-order valence-electron chi connectivity index (χ2n) is 2.21. The highest BCUT2D eigenvalue weighted by atomic mass is 16.6. The van der Waals surface area contributed by atoms with E-state index in [1.54, 1.807) is 0 Å². The quantitative estimate of drug-likeness (QED) is 0.239. The first-order chi connectivity index (χ1) is 3.47. The summed E-state index contributed by atoms with van der Waals surface area (Å²) < 4.78 is 4.27. The first kappa shape index (κ1) is 3.67. The van der Waals surface area contributed by atoms with Crippen molar-refractivity contribution in [3.63, 3.8) is 0 Å². The molecular weight excluding hydrogens is 88.1 g/mol. The molecule has 0 aromatic carbocycles. The molecule has 2 atom stereocenters. The van der Waals surface area contributed by atoms with Gasteiger partial charge in [-0.1, -0.05) is 6.08 Å². The Morgan fingerprint density at radius 3 is 3.14 bits per heavy atom. The molecule has 1 aliphatic carbocycles. The molecule has 1 N–H and O–H groups in total. The van der Waals surface area contributed by atoms with Crippen molar-refractivity contribution in [2.75, 3.05) is 0 Å². The van der Waals surface area contributed by atoms with Crippen molar-refractivity contribution in [3.05, 3.63) is 12.2 Å². The molecule has 0 amide bonds. The molecule has 0 bridgehead atoms. The van der Waals surface area contributed by atoms with Gasteiger partial charge in [-0.15, -0.1) is 0 Å². The highest BCUT2D eigenvalue weighted by molar-refractivity contribution is 5.05. The van der Waals surface area contributed by atoms with E-state index in [1.165, 1.54) is 12.8 Å². The molecule has 1 aliphatic heterocycles. The minimum absolute atomic E-state index is 0.647. The second-order valence-corrected chi connectivity index (χ2v) is 2.21. The van der Waals surface area contributed by atoms with Gasteiger partial charge in [-0.3, -0.25) is 0 Å². The number of rotatable bonds is 0. The molecule has 1 heterocycles. The fourth-order valence-corrected chi connectivity index (χ4v) is 1.10. The first-order valence-electron chi connectivity index (χ1n) is 2.83. The van der Waals surface area contributed by atoms with Crippen LogP contribution in [0.5, 0.6) is 0 Å². The predicted octanol–water partition coefficient (Wildman–Crippen LogP) is 0.615. The lowest BCUT2D eigenvalue weighted by atomic mass is 10.1. The highest BCUT2D eigenvalue weighted by Gasteiger charge is 2.46. The summed E-state index contributed by atoms with van der Waals surface area (Å²) >= 11 is 0. The van der Waals surface area contributed by atoms with Gasteiger partial charge in [-0.2, -0.15) is 0 Å². The van der Waals surface area contributed by atoms with Gasteiger partial charge in [0, 0.05) is 6.42 Å². The monoisotopic (exact) mass is 97.1 g/mol. The lowest BCUT2D eigenvalue weighted by molar-refractivity contribution is 0.183. The Morgan fingerprint density at radius 2 is 2.57 bits per heavy atom. The van der Waals surface area contributed by atoms with Crippen LogP contribution in [-0.4, -0.2) is 16.9 Å². The van der Waals surface area contributed by atoms with E-state index in [0.29, 0.717) is 6.10 Å². The molecule has 1 fully saturated rings. The summed E-state index contributed by atoms with van der Waals surface area (Å²) in [4.78, 5) is 0. The summed E-state index contributed by atoms with van der Waals surface area (Å²) in [6.07, 6.45) is 8.40. The maximum atomic E-state index is 4.27. The fourth-order valence-electron chi connectivity index (χ4n) is 1.10. The van der Waals surface area contributed by atoms with Crippen molar-refractivity contribution in [3.8, 4) is 0 Å². The van der Waals surface area contributed by atoms with Crippen LogP contribution in [0.1, 0.15) is 12.8 Å². The molecule has 38 valence electrons. The summed E-state index contributed by atoms with van der Waals surface area (Å²) in [5.74, 6) is 0. The van der Waals surface area contributed by atoms with Gasteiger partial charge in [0.05, 0.1) is 0 Å². The average Bonchev–Trinajstić information content (AvgIpc) is 2.41. The van der Waals surface area contributed by atoms with Crippen LogP contribution in [0.4, 0.5) is 0 Å². The summed E-state index contributed by atoms with van der Waals surface area (Å²) in [5.41, 5.74) is 0. The average molecular weight is 97.1 g/mol.